The molecule has 48 heavy (non-hydrogen) atoms. The van der Waals surface area contributed by atoms with Crippen LogP contribution in [0.1, 0.15) is 57.7 Å². The van der Waals surface area contributed by atoms with Gasteiger partial charge in [-0.05, 0) is 72.8 Å². The van der Waals surface area contributed by atoms with Crippen molar-refractivity contribution in [3.8, 4) is 11.3 Å². The summed E-state index contributed by atoms with van der Waals surface area (Å²) < 4.78 is 57.8. The molecule has 3 N–H and O–H groups in total. The lowest BCUT2D eigenvalue weighted by Crippen LogP contribution is -2.62. The first kappa shape index (κ1) is 35.6. The Morgan fingerprint density at radius 2 is 1.77 bits per heavy atom. The predicted octanol–water partition coefficient (Wildman–Crippen LogP) is 7.55. The molecule has 4 heterocycles. The minimum atomic E-state index is -2.20. The van der Waals surface area contributed by atoms with E-state index in [1.807, 2.05) is 6.07 Å². The Morgan fingerprint density at radius 1 is 1.08 bits per heavy atom. The van der Waals surface area contributed by atoms with Crippen LogP contribution in [0.3, 0.4) is 0 Å². The van der Waals surface area contributed by atoms with E-state index >= 15 is 8.78 Å². The number of hydrogen-bond acceptors (Lipinski definition) is 7. The fourth-order valence-corrected chi connectivity index (χ4v) is 7.72. The number of carbonyl (C=O) groups is 1. The normalized spacial score (nSPS) is 20.9. The fraction of sp³-hybridized carbons (Fsp3) is 0.514. The van der Waals surface area contributed by atoms with Gasteiger partial charge in [-0.1, -0.05) is 27.7 Å². The van der Waals surface area contributed by atoms with Crippen LogP contribution in [0.4, 0.5) is 29.3 Å². The molecular weight excluding hydrogens is 639 g/mol. The van der Waals surface area contributed by atoms with Crippen LogP contribution in [0.15, 0.2) is 42.7 Å². The number of ether oxygens (including phenoxy) is 1. The summed E-state index contributed by atoms with van der Waals surface area (Å²) >= 11 is 0. The molecule has 2 aliphatic heterocycles. The monoisotopic (exact) mass is 685 g/mol. The van der Waals surface area contributed by atoms with Crippen LogP contribution in [0.25, 0.3) is 11.3 Å². The van der Waals surface area contributed by atoms with Crippen LogP contribution < -0.4 is 15.5 Å². The number of aromatic nitrogens is 2. The number of carboxylic acid groups (broad SMARTS) is 1. The molecule has 0 spiro atoms. The summed E-state index contributed by atoms with van der Waals surface area (Å²) in [5.41, 5.74) is 1.45. The maximum Gasteiger partial charge on any atom is 0.405 e. The molecule has 1 amide bonds. The van der Waals surface area contributed by atoms with Gasteiger partial charge < -0.3 is 29.8 Å². The lowest BCUT2D eigenvalue weighted by Gasteiger charge is -2.48. The van der Waals surface area contributed by atoms with E-state index < -0.39 is 49.2 Å². The predicted molar refractivity (Wildman–Crippen MR) is 182 cm³/mol. The van der Waals surface area contributed by atoms with Crippen LogP contribution in [-0.4, -0.2) is 67.9 Å². The molecule has 0 unspecified atom stereocenters. The molecule has 1 aromatic carbocycles. The minimum absolute atomic E-state index is 0.00492. The van der Waals surface area contributed by atoms with Crippen molar-refractivity contribution in [2.24, 2.45) is 5.92 Å². The Morgan fingerprint density at radius 3 is 2.42 bits per heavy atom. The number of rotatable bonds is 9. The van der Waals surface area contributed by atoms with Crippen molar-refractivity contribution in [2.75, 3.05) is 36.5 Å². The molecule has 0 bridgehead atoms. The van der Waals surface area contributed by atoms with Gasteiger partial charge in [0, 0.05) is 38.4 Å². The van der Waals surface area contributed by atoms with Crippen molar-refractivity contribution in [3.05, 3.63) is 71.4 Å². The summed E-state index contributed by atoms with van der Waals surface area (Å²) in [5.74, 6) is -2.57. The molecule has 0 radical (unpaired) electrons. The third-order valence-corrected chi connectivity index (χ3v) is 14.4. The summed E-state index contributed by atoms with van der Waals surface area (Å²) in [5, 5.41) is 15.7. The lowest BCUT2D eigenvalue weighted by atomic mass is 9.90. The summed E-state index contributed by atoms with van der Waals surface area (Å²) in [7, 11) is -2.20. The van der Waals surface area contributed by atoms with E-state index in [1.54, 1.807) is 12.4 Å². The Balaban J connectivity index is 1.35. The van der Waals surface area contributed by atoms with Crippen LogP contribution in [0, 0.1) is 23.4 Å². The summed E-state index contributed by atoms with van der Waals surface area (Å²) in [6, 6.07) is 6.53. The van der Waals surface area contributed by atoms with Gasteiger partial charge in [0.05, 0.1) is 47.5 Å². The van der Waals surface area contributed by atoms with Gasteiger partial charge in [-0.15, -0.1) is 0 Å². The van der Waals surface area contributed by atoms with Gasteiger partial charge in [-0.3, -0.25) is 4.98 Å². The van der Waals surface area contributed by atoms with Crippen molar-refractivity contribution in [1.82, 2.24) is 15.3 Å². The zero-order valence-corrected chi connectivity index (χ0v) is 29.4. The van der Waals surface area contributed by atoms with Gasteiger partial charge in [0.2, 0.25) is 0 Å². The number of benzene rings is 1. The van der Waals surface area contributed by atoms with Crippen molar-refractivity contribution in [1.29, 1.82) is 0 Å². The number of anilines is 2. The molecule has 0 aliphatic carbocycles. The second kappa shape index (κ2) is 14.4. The van der Waals surface area contributed by atoms with Gasteiger partial charge in [-0.2, -0.15) is 0 Å². The summed E-state index contributed by atoms with van der Waals surface area (Å²) in [6.45, 7) is 15.0. The molecule has 2 aliphatic rings. The topological polar surface area (TPSA) is 109 Å². The van der Waals surface area contributed by atoms with E-state index in [-0.39, 0.29) is 29.5 Å². The van der Waals surface area contributed by atoms with E-state index in [9.17, 15) is 14.3 Å². The maximum atomic E-state index is 15.3. The van der Waals surface area contributed by atoms with Crippen molar-refractivity contribution >= 4 is 25.8 Å². The zero-order chi connectivity index (χ0) is 34.8. The first-order chi connectivity index (χ1) is 22.6. The smallest absolute Gasteiger partial charge is 0.405 e. The zero-order valence-electron chi connectivity index (χ0n) is 28.4. The fourth-order valence-electron chi connectivity index (χ4n) is 6.29. The Hall–Kier alpha value is -3.68. The number of halogens is 3. The highest BCUT2D eigenvalue weighted by Gasteiger charge is 2.45. The molecule has 2 aromatic heterocycles. The minimum Gasteiger partial charge on any atom is -0.465 e. The van der Waals surface area contributed by atoms with Crippen LogP contribution in [-0.2, 0) is 15.7 Å². The highest BCUT2D eigenvalue weighted by molar-refractivity contribution is 6.74. The maximum absolute atomic E-state index is 15.3. The number of hydrogen-bond donors (Lipinski definition) is 3. The van der Waals surface area contributed by atoms with Gasteiger partial charge in [-0.25, -0.2) is 22.9 Å². The van der Waals surface area contributed by atoms with Gasteiger partial charge >= 0.3 is 6.09 Å². The Kier molecular flexibility index (Phi) is 10.7. The van der Waals surface area contributed by atoms with E-state index in [0.29, 0.717) is 56.1 Å². The van der Waals surface area contributed by atoms with Crippen LogP contribution >= 0.6 is 0 Å². The van der Waals surface area contributed by atoms with Crippen molar-refractivity contribution in [3.63, 3.8) is 0 Å². The molecule has 5 rings (SSSR count). The molecule has 2 fully saturated rings. The van der Waals surface area contributed by atoms with Crippen molar-refractivity contribution < 1.29 is 32.2 Å². The van der Waals surface area contributed by atoms with Crippen LogP contribution in [0.2, 0.25) is 18.1 Å². The standard InChI is InChI=1S/C35H46F3N5O4Si/c1-21-19-43(20-29(42-34(44)45)33(21)47-48(5,6)35(2,3)4)30-9-12-39-18-28(30)40-17-24-7-8-25(36)32(41-24)31-26(37)15-23(16-27(31)38)22-10-13-46-14-11-22/h7-9,12,15-16,18,21-22,29,33,40,42H,10-11,13-14,17,19-20H2,1-6H3,(H,44,45)/t21-,29+,33+/m0/s1. The lowest BCUT2D eigenvalue weighted by molar-refractivity contribution is 0.0722. The average molecular weight is 686 g/mol. The molecular formula is C35H46F3N5O4Si. The highest BCUT2D eigenvalue weighted by atomic mass is 28.4. The number of pyridine rings is 2. The van der Waals surface area contributed by atoms with Gasteiger partial charge in [0.15, 0.2) is 8.32 Å². The molecule has 13 heteroatoms. The molecule has 2 saturated heterocycles. The van der Waals surface area contributed by atoms with Crippen molar-refractivity contribution in [2.45, 2.75) is 83.3 Å². The van der Waals surface area contributed by atoms with Gasteiger partial charge in [0.1, 0.15) is 23.1 Å². The number of amides is 1. The third-order valence-electron chi connectivity index (χ3n) is 9.92. The Bertz CT molecular complexity index is 1590. The summed E-state index contributed by atoms with van der Waals surface area (Å²) in [6.07, 6.45) is 3.23. The van der Waals surface area contributed by atoms with E-state index in [0.717, 1.165) is 11.8 Å². The second-order valence-corrected chi connectivity index (χ2v) is 19.2. The first-order valence-electron chi connectivity index (χ1n) is 16.5. The molecule has 3 atom stereocenters. The van der Waals surface area contributed by atoms with Gasteiger partial charge in [0.25, 0.3) is 0 Å². The highest BCUT2D eigenvalue weighted by Crippen LogP contribution is 2.40. The molecule has 260 valence electrons. The second-order valence-electron chi connectivity index (χ2n) is 14.4. The first-order valence-corrected chi connectivity index (χ1v) is 19.4. The molecule has 9 nitrogen and oxygen atoms in total. The van der Waals surface area contributed by atoms with E-state index in [2.05, 4.69) is 66.3 Å². The molecule has 3 aromatic rings. The summed E-state index contributed by atoms with van der Waals surface area (Å²) in [4.78, 5) is 22.5. The number of nitrogens with one attached hydrogen (secondary N) is 2. The average Bonchev–Trinajstić information content (AvgIpc) is 3.02. The SMILES string of the molecule is C[C@H]1CN(c2ccncc2NCc2ccc(F)c(-c3c(F)cc(C4CCOCC4)cc3F)n2)C[C@@H](NC(=O)O)[C@@H]1O[Si](C)(C)C(C)(C)C. The third kappa shape index (κ3) is 7.95. The number of nitrogens with zero attached hydrogens (tertiary/aromatic N) is 3. The number of piperidine rings is 1. The molecule has 0 saturated carbocycles. The van der Waals surface area contributed by atoms with E-state index in [1.165, 1.54) is 18.2 Å². The van der Waals surface area contributed by atoms with Crippen LogP contribution in [0.5, 0.6) is 0 Å². The van der Waals surface area contributed by atoms with E-state index in [4.69, 9.17) is 9.16 Å². The quantitative estimate of drug-likeness (QED) is 0.198. The Labute approximate surface area is 281 Å². The largest absolute Gasteiger partial charge is 0.465 e.